The van der Waals surface area contributed by atoms with Gasteiger partial charge in [-0.2, -0.15) is 0 Å². The fourth-order valence-electron chi connectivity index (χ4n) is 1.87. The number of carbonyl (C=O) groups is 3. The summed E-state index contributed by atoms with van der Waals surface area (Å²) < 4.78 is 0. The minimum Gasteiger partial charge on any atom is -0.508 e. The number of benzene rings is 1. The number of hydrogen-bond donors (Lipinski definition) is 2. The Balaban J connectivity index is 2.29. The Kier molecular flexibility index (Phi) is 3.25. The van der Waals surface area contributed by atoms with E-state index in [2.05, 4.69) is 5.32 Å². The number of phenols is 1. The number of imide groups is 1. The first-order valence-electron chi connectivity index (χ1n) is 5.84. The molecule has 0 aromatic heterocycles. The van der Waals surface area contributed by atoms with E-state index in [0.717, 1.165) is 0 Å². The Labute approximate surface area is 110 Å². The van der Waals surface area contributed by atoms with E-state index in [4.69, 9.17) is 0 Å². The Bertz CT molecular complexity index is 568. The highest BCUT2D eigenvalue weighted by Gasteiger charge is 2.34. The van der Waals surface area contributed by atoms with Gasteiger partial charge in [-0.3, -0.25) is 19.7 Å². The lowest BCUT2D eigenvalue weighted by Gasteiger charge is -2.31. The predicted molar refractivity (Wildman–Crippen MR) is 66.5 cm³/mol. The number of rotatable bonds is 1. The maximum Gasteiger partial charge on any atom is 0.255 e. The molecule has 1 aromatic carbocycles. The number of amides is 3. The Morgan fingerprint density at radius 2 is 2.11 bits per heavy atom. The summed E-state index contributed by atoms with van der Waals surface area (Å²) in [6.07, 6.45) is 0. The average molecular weight is 262 g/mol. The number of aryl methyl sites for hydroxylation is 1. The third kappa shape index (κ3) is 2.42. The van der Waals surface area contributed by atoms with Gasteiger partial charge in [0.25, 0.3) is 5.91 Å². The molecule has 0 saturated carbocycles. The van der Waals surface area contributed by atoms with Crippen molar-refractivity contribution in [2.24, 2.45) is 0 Å². The quantitative estimate of drug-likeness (QED) is 0.707. The second-order valence-corrected chi connectivity index (χ2v) is 4.52. The van der Waals surface area contributed by atoms with Crippen LogP contribution in [0.2, 0.25) is 0 Å². The van der Waals surface area contributed by atoms with Crippen molar-refractivity contribution in [2.45, 2.75) is 19.9 Å². The molecule has 6 heteroatoms. The van der Waals surface area contributed by atoms with Crippen LogP contribution in [0.15, 0.2) is 18.2 Å². The van der Waals surface area contributed by atoms with Crippen molar-refractivity contribution in [3.8, 4) is 5.75 Å². The summed E-state index contributed by atoms with van der Waals surface area (Å²) in [4.78, 5) is 36.2. The van der Waals surface area contributed by atoms with Crippen LogP contribution in [0.25, 0.3) is 0 Å². The molecule has 2 rings (SSSR count). The van der Waals surface area contributed by atoms with Crippen molar-refractivity contribution in [1.29, 1.82) is 0 Å². The Morgan fingerprint density at radius 1 is 1.42 bits per heavy atom. The summed E-state index contributed by atoms with van der Waals surface area (Å²) in [5, 5.41) is 11.8. The van der Waals surface area contributed by atoms with Crippen molar-refractivity contribution in [3.63, 3.8) is 0 Å². The predicted octanol–water partition coefficient (Wildman–Crippen LogP) is 0.188. The van der Waals surface area contributed by atoms with Gasteiger partial charge in [-0.25, -0.2) is 0 Å². The fourth-order valence-corrected chi connectivity index (χ4v) is 1.87. The van der Waals surface area contributed by atoms with E-state index in [1.807, 2.05) is 0 Å². The lowest BCUT2D eigenvalue weighted by atomic mass is 10.1. The van der Waals surface area contributed by atoms with Gasteiger partial charge in [-0.15, -0.1) is 0 Å². The van der Waals surface area contributed by atoms with Crippen LogP contribution < -0.4 is 5.32 Å². The zero-order valence-electron chi connectivity index (χ0n) is 10.6. The van der Waals surface area contributed by atoms with E-state index < -0.39 is 23.8 Å². The van der Waals surface area contributed by atoms with Gasteiger partial charge in [-0.1, -0.05) is 6.07 Å². The van der Waals surface area contributed by atoms with Gasteiger partial charge in [0.2, 0.25) is 11.8 Å². The molecule has 0 aliphatic carbocycles. The monoisotopic (exact) mass is 262 g/mol. The van der Waals surface area contributed by atoms with Gasteiger partial charge in [0.15, 0.2) is 0 Å². The standard InChI is InChI=1S/C13H14N2O4/c1-7-3-4-9(5-10(7)16)13(19)15-6-11(17)14-12(18)8(15)2/h3-5,8,16H,6H2,1-2H3,(H,14,17,18). The normalized spacial score (nSPS) is 19.3. The van der Waals surface area contributed by atoms with Crippen molar-refractivity contribution in [1.82, 2.24) is 10.2 Å². The fraction of sp³-hybridized carbons (Fsp3) is 0.308. The van der Waals surface area contributed by atoms with Crippen LogP contribution >= 0.6 is 0 Å². The number of aromatic hydroxyl groups is 1. The summed E-state index contributed by atoms with van der Waals surface area (Å²) in [6.45, 7) is 3.10. The summed E-state index contributed by atoms with van der Waals surface area (Å²) in [6, 6.07) is 3.79. The maximum atomic E-state index is 12.2. The number of piperazine rings is 1. The van der Waals surface area contributed by atoms with Gasteiger partial charge in [0, 0.05) is 5.56 Å². The van der Waals surface area contributed by atoms with Crippen molar-refractivity contribution >= 4 is 17.7 Å². The molecule has 2 N–H and O–H groups in total. The highest BCUT2D eigenvalue weighted by Crippen LogP contribution is 2.20. The summed E-state index contributed by atoms with van der Waals surface area (Å²) in [7, 11) is 0. The minimum atomic E-state index is -0.714. The van der Waals surface area contributed by atoms with Crippen molar-refractivity contribution in [2.75, 3.05) is 6.54 Å². The van der Waals surface area contributed by atoms with E-state index in [9.17, 15) is 19.5 Å². The summed E-state index contributed by atoms with van der Waals surface area (Å²) in [5.41, 5.74) is 0.898. The second-order valence-electron chi connectivity index (χ2n) is 4.52. The molecule has 6 nitrogen and oxygen atoms in total. The van der Waals surface area contributed by atoms with E-state index >= 15 is 0 Å². The molecule has 3 amide bonds. The van der Waals surface area contributed by atoms with Gasteiger partial charge in [0.1, 0.15) is 18.3 Å². The van der Waals surface area contributed by atoms with E-state index in [1.54, 1.807) is 26.0 Å². The van der Waals surface area contributed by atoms with Gasteiger partial charge in [-0.05, 0) is 31.5 Å². The molecule has 1 heterocycles. The smallest absolute Gasteiger partial charge is 0.255 e. The lowest BCUT2D eigenvalue weighted by Crippen LogP contribution is -2.58. The highest BCUT2D eigenvalue weighted by molar-refractivity contribution is 6.07. The van der Waals surface area contributed by atoms with Crippen LogP contribution in [-0.4, -0.2) is 40.3 Å². The molecule has 100 valence electrons. The van der Waals surface area contributed by atoms with Gasteiger partial charge >= 0.3 is 0 Å². The number of nitrogens with one attached hydrogen (secondary N) is 1. The Morgan fingerprint density at radius 3 is 2.74 bits per heavy atom. The summed E-state index contributed by atoms with van der Waals surface area (Å²) >= 11 is 0. The zero-order chi connectivity index (χ0) is 14.2. The highest BCUT2D eigenvalue weighted by atomic mass is 16.3. The van der Waals surface area contributed by atoms with E-state index in [0.29, 0.717) is 5.56 Å². The topological polar surface area (TPSA) is 86.7 Å². The number of carbonyl (C=O) groups excluding carboxylic acids is 3. The van der Waals surface area contributed by atoms with Crippen LogP contribution in [0.3, 0.4) is 0 Å². The number of phenolic OH excluding ortho intramolecular Hbond substituents is 1. The molecule has 1 aliphatic heterocycles. The lowest BCUT2D eigenvalue weighted by molar-refractivity contribution is -0.138. The maximum absolute atomic E-state index is 12.2. The molecule has 19 heavy (non-hydrogen) atoms. The van der Waals surface area contributed by atoms with Crippen LogP contribution in [0.1, 0.15) is 22.8 Å². The molecule has 0 spiro atoms. The molecule has 1 aliphatic rings. The first-order chi connectivity index (χ1) is 8.90. The number of hydrogen-bond acceptors (Lipinski definition) is 4. The van der Waals surface area contributed by atoms with Crippen LogP contribution in [0.4, 0.5) is 0 Å². The molecule has 1 unspecified atom stereocenters. The van der Waals surface area contributed by atoms with Crippen molar-refractivity contribution in [3.05, 3.63) is 29.3 Å². The minimum absolute atomic E-state index is 0.00582. The molecular weight excluding hydrogens is 248 g/mol. The van der Waals surface area contributed by atoms with Crippen LogP contribution in [0, 0.1) is 6.92 Å². The molecule has 1 atom stereocenters. The third-order valence-corrected chi connectivity index (χ3v) is 3.14. The number of nitrogens with zero attached hydrogens (tertiary/aromatic N) is 1. The van der Waals surface area contributed by atoms with E-state index in [-0.39, 0.29) is 17.9 Å². The zero-order valence-corrected chi connectivity index (χ0v) is 10.6. The Hall–Kier alpha value is -2.37. The average Bonchev–Trinajstić information content (AvgIpc) is 2.36. The molecular formula is C13H14N2O4. The molecule has 1 fully saturated rings. The van der Waals surface area contributed by atoms with Crippen LogP contribution in [-0.2, 0) is 9.59 Å². The van der Waals surface area contributed by atoms with Crippen molar-refractivity contribution < 1.29 is 19.5 Å². The molecule has 1 aromatic rings. The first-order valence-corrected chi connectivity index (χ1v) is 5.84. The first kappa shape index (κ1) is 13.1. The SMILES string of the molecule is Cc1ccc(C(=O)N2CC(=O)NC(=O)C2C)cc1O. The second kappa shape index (κ2) is 4.72. The van der Waals surface area contributed by atoms with Crippen LogP contribution in [0.5, 0.6) is 5.75 Å². The molecule has 0 bridgehead atoms. The summed E-state index contributed by atoms with van der Waals surface area (Å²) in [5.74, 6) is -1.45. The third-order valence-electron chi connectivity index (χ3n) is 3.14. The molecule has 1 saturated heterocycles. The largest absolute Gasteiger partial charge is 0.508 e. The van der Waals surface area contributed by atoms with E-state index in [1.165, 1.54) is 11.0 Å². The van der Waals surface area contributed by atoms with Gasteiger partial charge in [0.05, 0.1) is 0 Å². The van der Waals surface area contributed by atoms with Gasteiger partial charge < -0.3 is 10.0 Å². The molecule has 0 radical (unpaired) electrons.